The zero-order valence-corrected chi connectivity index (χ0v) is 15.1. The van der Waals surface area contributed by atoms with E-state index in [4.69, 9.17) is 20.1 Å². The topological polar surface area (TPSA) is 227 Å². The first-order valence-corrected chi connectivity index (χ1v) is 8.48. The summed E-state index contributed by atoms with van der Waals surface area (Å²) in [6.45, 7) is -1.82. The number of imidazole rings is 1. The minimum Gasteiger partial charge on any atom is -0.394 e. The molecule has 29 heavy (non-hydrogen) atoms. The maximum absolute atomic E-state index is 12.1. The molecule has 0 bridgehead atoms. The number of nitrogens with one attached hydrogen (secondary N) is 1. The number of aromatic amines is 1. The number of aliphatic hydroxyl groups excluding tert-OH is 7. The Morgan fingerprint density at radius 2 is 1.83 bits per heavy atom. The molecule has 8 N–H and O–H groups in total. The van der Waals surface area contributed by atoms with Gasteiger partial charge in [-0.3, -0.25) is 14.3 Å². The lowest BCUT2D eigenvalue weighted by atomic mass is 10.0. The highest BCUT2D eigenvalue weighted by atomic mass is 16.5. The standard InChI is InChI=1S/C15H23N5O9/c21-2-7(3-22)29-6-20-5-17-10-13(20)18-15(19-14(10)28)16-1-8(24)11(26)12(27)9(25)4-23/h1,5,7-9,11-12,21-27H,2-4,6H2,(H,18,19,28)/t8-,9+,11+,12+/m0/s1. The maximum Gasteiger partial charge on any atom is 0.280 e. The van der Waals surface area contributed by atoms with Gasteiger partial charge >= 0.3 is 0 Å². The third-order valence-electron chi connectivity index (χ3n) is 3.95. The number of rotatable bonds is 11. The molecule has 0 spiro atoms. The summed E-state index contributed by atoms with van der Waals surface area (Å²) in [5.41, 5.74) is -0.604. The van der Waals surface area contributed by atoms with Crippen molar-refractivity contribution in [2.75, 3.05) is 19.8 Å². The van der Waals surface area contributed by atoms with Crippen LogP contribution in [0, 0.1) is 0 Å². The molecule has 0 radical (unpaired) electrons. The van der Waals surface area contributed by atoms with E-state index in [2.05, 4.69) is 19.9 Å². The van der Waals surface area contributed by atoms with Gasteiger partial charge in [-0.15, -0.1) is 0 Å². The molecule has 0 aliphatic rings. The number of ether oxygens (including phenoxy) is 1. The maximum atomic E-state index is 12.1. The largest absolute Gasteiger partial charge is 0.394 e. The van der Waals surface area contributed by atoms with Crippen LogP contribution in [0.1, 0.15) is 0 Å². The quantitative estimate of drug-likeness (QED) is 0.163. The van der Waals surface area contributed by atoms with Crippen LogP contribution in [0.3, 0.4) is 0 Å². The molecule has 0 saturated heterocycles. The summed E-state index contributed by atoms with van der Waals surface area (Å²) in [5.74, 6) is -0.256. The SMILES string of the molecule is O=c1[nH]c(N=C[C@H](O)[C@@H](O)[C@H](O)[C@H](O)CO)nc2c1ncn2COC(CO)CO. The monoisotopic (exact) mass is 417 g/mol. The molecule has 2 aromatic heterocycles. The average molecular weight is 417 g/mol. The molecule has 0 aliphatic carbocycles. The van der Waals surface area contributed by atoms with Crippen LogP contribution >= 0.6 is 0 Å². The Balaban J connectivity index is 2.20. The van der Waals surface area contributed by atoms with E-state index in [0.717, 1.165) is 6.21 Å². The second kappa shape index (κ2) is 10.5. The lowest BCUT2D eigenvalue weighted by Gasteiger charge is -2.23. The predicted molar refractivity (Wildman–Crippen MR) is 96.5 cm³/mol. The molecular weight excluding hydrogens is 394 g/mol. The molecule has 2 rings (SSSR count). The van der Waals surface area contributed by atoms with Gasteiger partial charge in [0, 0.05) is 6.21 Å². The number of hydrogen-bond acceptors (Lipinski definition) is 12. The van der Waals surface area contributed by atoms with Crippen molar-refractivity contribution in [1.82, 2.24) is 19.5 Å². The Kier molecular flexibility index (Phi) is 8.30. The molecule has 0 saturated carbocycles. The van der Waals surface area contributed by atoms with Crippen LogP contribution in [0.25, 0.3) is 11.2 Å². The first-order chi connectivity index (χ1) is 13.8. The van der Waals surface area contributed by atoms with Gasteiger partial charge in [0.2, 0.25) is 5.95 Å². The molecule has 0 fully saturated rings. The van der Waals surface area contributed by atoms with E-state index >= 15 is 0 Å². The van der Waals surface area contributed by atoms with Crippen LogP contribution in [0.4, 0.5) is 5.95 Å². The molecule has 14 nitrogen and oxygen atoms in total. The lowest BCUT2D eigenvalue weighted by Crippen LogP contribution is -2.46. The van der Waals surface area contributed by atoms with Gasteiger partial charge in [0.15, 0.2) is 11.2 Å². The van der Waals surface area contributed by atoms with Gasteiger partial charge in [0.1, 0.15) is 37.3 Å². The smallest absolute Gasteiger partial charge is 0.280 e. The van der Waals surface area contributed by atoms with Gasteiger partial charge in [0.05, 0.1) is 26.1 Å². The third-order valence-corrected chi connectivity index (χ3v) is 3.95. The zero-order chi connectivity index (χ0) is 21.6. The van der Waals surface area contributed by atoms with E-state index in [1.54, 1.807) is 0 Å². The predicted octanol–water partition coefficient (Wildman–Crippen LogP) is -4.41. The number of H-pyrrole nitrogens is 1. The first-order valence-electron chi connectivity index (χ1n) is 8.48. The first kappa shape index (κ1) is 23.0. The Morgan fingerprint density at radius 1 is 1.14 bits per heavy atom. The molecule has 162 valence electrons. The van der Waals surface area contributed by atoms with Crippen LogP contribution in [0.2, 0.25) is 0 Å². The third kappa shape index (κ3) is 5.62. The summed E-state index contributed by atoms with van der Waals surface area (Å²) < 4.78 is 6.58. The summed E-state index contributed by atoms with van der Waals surface area (Å²) in [6.07, 6.45) is -5.88. The molecule has 2 heterocycles. The number of aromatic nitrogens is 4. The van der Waals surface area contributed by atoms with Crippen LogP contribution in [-0.2, 0) is 11.5 Å². The van der Waals surface area contributed by atoms with Crippen LogP contribution in [0.15, 0.2) is 16.1 Å². The van der Waals surface area contributed by atoms with E-state index in [0.29, 0.717) is 0 Å². The summed E-state index contributed by atoms with van der Waals surface area (Å²) in [5, 5.41) is 65.2. The van der Waals surface area contributed by atoms with Crippen molar-refractivity contribution in [2.45, 2.75) is 37.3 Å². The Bertz CT molecular complexity index is 865. The summed E-state index contributed by atoms with van der Waals surface area (Å²) in [6, 6.07) is 0. The van der Waals surface area contributed by atoms with Gasteiger partial charge in [-0.2, -0.15) is 4.98 Å². The minimum absolute atomic E-state index is 0.0285. The number of fused-ring (bicyclic) bond motifs is 1. The fourth-order valence-corrected chi connectivity index (χ4v) is 2.22. The number of nitrogens with zero attached hydrogens (tertiary/aromatic N) is 4. The van der Waals surface area contributed by atoms with Crippen molar-refractivity contribution in [3.8, 4) is 0 Å². The number of aliphatic imine (C=N–C) groups is 1. The van der Waals surface area contributed by atoms with Crippen molar-refractivity contribution in [2.24, 2.45) is 4.99 Å². The molecule has 0 aliphatic heterocycles. The molecule has 4 atom stereocenters. The van der Waals surface area contributed by atoms with Crippen molar-refractivity contribution in [1.29, 1.82) is 0 Å². The van der Waals surface area contributed by atoms with E-state index in [1.165, 1.54) is 10.9 Å². The Labute approximate surface area is 163 Å². The number of hydrogen-bond donors (Lipinski definition) is 8. The Hall–Kier alpha value is -2.30. The van der Waals surface area contributed by atoms with Crippen LogP contribution < -0.4 is 5.56 Å². The fraction of sp³-hybridized carbons (Fsp3) is 0.600. The van der Waals surface area contributed by atoms with Crippen LogP contribution in [0.5, 0.6) is 0 Å². The summed E-state index contributed by atoms with van der Waals surface area (Å²) in [7, 11) is 0. The summed E-state index contributed by atoms with van der Waals surface area (Å²) >= 11 is 0. The Morgan fingerprint density at radius 3 is 2.45 bits per heavy atom. The highest BCUT2D eigenvalue weighted by Crippen LogP contribution is 2.11. The van der Waals surface area contributed by atoms with Gasteiger partial charge in [-0.05, 0) is 0 Å². The second-order valence-corrected chi connectivity index (χ2v) is 6.06. The highest BCUT2D eigenvalue weighted by Gasteiger charge is 2.29. The van der Waals surface area contributed by atoms with E-state index in [1.807, 2.05) is 0 Å². The van der Waals surface area contributed by atoms with Gasteiger partial charge in [-0.1, -0.05) is 0 Å². The molecule has 0 aromatic carbocycles. The van der Waals surface area contributed by atoms with Gasteiger partial charge < -0.3 is 40.5 Å². The van der Waals surface area contributed by atoms with Gasteiger partial charge in [-0.25, -0.2) is 9.98 Å². The fourth-order valence-electron chi connectivity index (χ4n) is 2.22. The average Bonchev–Trinajstić information content (AvgIpc) is 3.14. The molecule has 0 amide bonds. The van der Waals surface area contributed by atoms with Gasteiger partial charge in [0.25, 0.3) is 5.56 Å². The molecule has 0 unspecified atom stereocenters. The zero-order valence-electron chi connectivity index (χ0n) is 15.1. The molecule has 14 heteroatoms. The highest BCUT2D eigenvalue weighted by molar-refractivity contribution is 5.72. The van der Waals surface area contributed by atoms with Crippen molar-refractivity contribution in [3.05, 3.63) is 16.7 Å². The molecular formula is C15H23N5O9. The van der Waals surface area contributed by atoms with Crippen molar-refractivity contribution >= 4 is 23.3 Å². The molecule has 2 aromatic rings. The van der Waals surface area contributed by atoms with E-state index < -0.39 is 55.9 Å². The van der Waals surface area contributed by atoms with Crippen molar-refractivity contribution in [3.63, 3.8) is 0 Å². The lowest BCUT2D eigenvalue weighted by molar-refractivity contribution is -0.0999. The number of aliphatic hydroxyl groups is 7. The normalized spacial score (nSPS) is 16.6. The minimum atomic E-state index is -1.86. The van der Waals surface area contributed by atoms with Crippen LogP contribution in [-0.4, -0.2) is 112 Å². The van der Waals surface area contributed by atoms with E-state index in [9.17, 15) is 25.2 Å². The second-order valence-electron chi connectivity index (χ2n) is 6.06. The van der Waals surface area contributed by atoms with E-state index in [-0.39, 0.29) is 23.8 Å². The summed E-state index contributed by atoms with van der Waals surface area (Å²) in [4.78, 5) is 26.1. The van der Waals surface area contributed by atoms with Crippen molar-refractivity contribution < 1.29 is 40.5 Å².